The number of alkyl halides is 5. The fraction of sp³-hybridized carbons (Fsp3) is 0.750. The van der Waals surface area contributed by atoms with Gasteiger partial charge in [-0.05, 0) is 15.9 Å². The van der Waals surface area contributed by atoms with Gasteiger partial charge in [-0.15, -0.1) is 0 Å². The first-order chi connectivity index (χ1) is 4.67. The second kappa shape index (κ2) is 4.04. The number of carbonyl (C=O) groups excluding carboxylic acids is 1. The normalized spacial score (nSPS) is 16.1. The molecule has 0 saturated carbocycles. The zero-order valence-electron chi connectivity index (χ0n) is 5.91. The number of hydrogen-bond donors (Lipinski definition) is 1. The van der Waals surface area contributed by atoms with Crippen LogP contribution in [0.3, 0.4) is 0 Å². The van der Waals surface area contributed by atoms with Crippen LogP contribution in [0.2, 0.25) is 0 Å². The highest BCUT2D eigenvalue weighted by Gasteiger charge is 2.54. The van der Waals surface area contributed by atoms with Crippen LogP contribution in [0, 0.1) is 0 Å². The smallest absolute Gasteiger partial charge is 0.433 e. The number of aliphatic carboxylic acids is 1. The summed E-state index contributed by atoms with van der Waals surface area (Å²) in [6.07, 6.45) is -7.00. The molecular formula is C4H6BrF4NO2. The predicted molar refractivity (Wildman–Crippen MR) is 34.4 cm³/mol. The first-order valence-electron chi connectivity index (χ1n) is 2.31. The molecule has 0 aromatic carbocycles. The monoisotopic (exact) mass is 255 g/mol. The molecule has 74 valence electrons. The van der Waals surface area contributed by atoms with E-state index in [1.54, 1.807) is 15.9 Å². The van der Waals surface area contributed by atoms with Crippen molar-refractivity contribution in [1.82, 2.24) is 6.15 Å². The molecule has 1 atom stereocenters. The second-order valence-corrected chi connectivity index (χ2v) is 3.01. The molecule has 0 aliphatic carbocycles. The topological polar surface area (TPSA) is 76.6 Å². The van der Waals surface area contributed by atoms with Crippen molar-refractivity contribution in [3.63, 3.8) is 0 Å². The number of halogens is 5. The van der Waals surface area contributed by atoms with Gasteiger partial charge in [0.25, 0.3) is 4.58 Å². The summed E-state index contributed by atoms with van der Waals surface area (Å²) in [5.41, 5.74) is 0. The largest absolute Gasteiger partial charge is 0.550 e. The van der Waals surface area contributed by atoms with Crippen molar-refractivity contribution in [1.29, 1.82) is 0 Å². The highest BCUT2D eigenvalue weighted by molar-refractivity contribution is 9.10. The maximum absolute atomic E-state index is 12.2. The maximum atomic E-state index is 12.2. The van der Waals surface area contributed by atoms with Gasteiger partial charge >= 0.3 is 6.18 Å². The van der Waals surface area contributed by atoms with E-state index in [4.69, 9.17) is 0 Å². The number of carboxylic acids is 1. The Labute approximate surface area is 73.5 Å². The third kappa shape index (κ3) is 3.86. The Morgan fingerprint density at radius 3 is 1.75 bits per heavy atom. The van der Waals surface area contributed by atoms with Crippen molar-refractivity contribution in [3.8, 4) is 0 Å². The van der Waals surface area contributed by atoms with Crippen molar-refractivity contribution < 1.29 is 27.5 Å². The lowest BCUT2D eigenvalue weighted by Gasteiger charge is -2.21. The van der Waals surface area contributed by atoms with Crippen LogP contribution >= 0.6 is 15.9 Å². The van der Waals surface area contributed by atoms with Gasteiger partial charge in [-0.25, -0.2) is 4.39 Å². The third-order valence-corrected chi connectivity index (χ3v) is 1.51. The van der Waals surface area contributed by atoms with E-state index in [0.29, 0.717) is 0 Å². The van der Waals surface area contributed by atoms with Crippen LogP contribution in [-0.4, -0.2) is 16.7 Å². The summed E-state index contributed by atoms with van der Waals surface area (Å²) in [5.74, 6) is -2.11. The molecule has 0 aliphatic heterocycles. The molecule has 0 aliphatic rings. The Kier molecular flexibility index (Phi) is 4.77. The van der Waals surface area contributed by atoms with Gasteiger partial charge in [0.15, 0.2) is 0 Å². The molecule has 0 aromatic rings. The quantitative estimate of drug-likeness (QED) is 0.593. The van der Waals surface area contributed by atoms with Crippen molar-refractivity contribution in [2.75, 3.05) is 0 Å². The Morgan fingerprint density at radius 2 is 1.67 bits per heavy atom. The van der Waals surface area contributed by atoms with Crippen LogP contribution in [0.5, 0.6) is 0 Å². The predicted octanol–water partition coefficient (Wildman–Crippen LogP) is 1.13. The van der Waals surface area contributed by atoms with Crippen LogP contribution in [-0.2, 0) is 4.79 Å². The Morgan fingerprint density at radius 1 is 1.33 bits per heavy atom. The van der Waals surface area contributed by atoms with Crippen molar-refractivity contribution in [3.05, 3.63) is 0 Å². The highest BCUT2D eigenvalue weighted by atomic mass is 79.9. The second-order valence-electron chi connectivity index (χ2n) is 1.75. The van der Waals surface area contributed by atoms with E-state index in [2.05, 4.69) is 0 Å². The van der Waals surface area contributed by atoms with Gasteiger partial charge in [0.05, 0.1) is 0 Å². The molecule has 0 fully saturated rings. The minimum Gasteiger partial charge on any atom is -0.550 e. The molecule has 0 radical (unpaired) electrons. The maximum Gasteiger partial charge on any atom is 0.433 e. The summed E-state index contributed by atoms with van der Waals surface area (Å²) < 4.78 is 42.8. The van der Waals surface area contributed by atoms with Crippen LogP contribution < -0.4 is 11.3 Å². The first-order valence-corrected chi connectivity index (χ1v) is 3.10. The summed E-state index contributed by atoms with van der Waals surface area (Å²) in [6.45, 7) is 0. The summed E-state index contributed by atoms with van der Waals surface area (Å²) in [7, 11) is 0. The van der Waals surface area contributed by atoms with Crippen LogP contribution in [0.25, 0.3) is 0 Å². The standard InChI is InChI=1S/C4H3BrF4O2.H3N/c5-3(6,1-2(10)11)4(7,8)9;/h1H2,(H,10,11);1H3. The van der Waals surface area contributed by atoms with Gasteiger partial charge < -0.3 is 16.1 Å². The zero-order chi connectivity index (χ0) is 9.28. The van der Waals surface area contributed by atoms with Gasteiger partial charge in [-0.3, -0.25) is 0 Å². The number of quaternary nitrogens is 1. The molecule has 0 heterocycles. The molecule has 0 saturated heterocycles. The molecule has 0 spiro atoms. The molecule has 4 N–H and O–H groups in total. The molecule has 0 bridgehead atoms. The molecule has 12 heavy (non-hydrogen) atoms. The van der Waals surface area contributed by atoms with Crippen LogP contribution in [0.1, 0.15) is 6.42 Å². The third-order valence-electron chi connectivity index (χ3n) is 0.781. The minimum absolute atomic E-state index is 0. The van der Waals surface area contributed by atoms with E-state index in [-0.39, 0.29) is 6.15 Å². The van der Waals surface area contributed by atoms with Gasteiger partial charge in [0, 0.05) is 12.4 Å². The Bertz CT molecular complexity index is 169. The number of carbonyl (C=O) groups is 1. The van der Waals surface area contributed by atoms with Crippen molar-refractivity contribution in [2.45, 2.75) is 17.2 Å². The molecule has 1 unspecified atom stereocenters. The lowest BCUT2D eigenvalue weighted by Crippen LogP contribution is -2.40. The van der Waals surface area contributed by atoms with Crippen LogP contribution in [0.15, 0.2) is 0 Å². The van der Waals surface area contributed by atoms with E-state index < -0.39 is 23.1 Å². The fourth-order valence-corrected chi connectivity index (χ4v) is 0.510. The number of carboxylic acid groups (broad SMARTS) is 1. The fourth-order valence-electron chi connectivity index (χ4n) is 0.282. The van der Waals surface area contributed by atoms with E-state index >= 15 is 0 Å². The molecular weight excluding hydrogens is 250 g/mol. The van der Waals surface area contributed by atoms with Gasteiger partial charge in [-0.2, -0.15) is 13.2 Å². The van der Waals surface area contributed by atoms with E-state index in [0.717, 1.165) is 0 Å². The van der Waals surface area contributed by atoms with Gasteiger partial charge in [0.2, 0.25) is 0 Å². The van der Waals surface area contributed by atoms with Crippen molar-refractivity contribution in [2.24, 2.45) is 0 Å². The van der Waals surface area contributed by atoms with E-state index in [1.807, 2.05) is 0 Å². The van der Waals surface area contributed by atoms with E-state index in [1.165, 1.54) is 0 Å². The van der Waals surface area contributed by atoms with Crippen molar-refractivity contribution >= 4 is 21.9 Å². The zero-order valence-corrected chi connectivity index (χ0v) is 7.50. The lowest BCUT2D eigenvalue weighted by molar-refractivity contribution is -0.311. The van der Waals surface area contributed by atoms with Gasteiger partial charge in [0.1, 0.15) is 0 Å². The summed E-state index contributed by atoms with van der Waals surface area (Å²) in [5, 5.41) is 9.58. The molecule has 0 rings (SSSR count). The highest BCUT2D eigenvalue weighted by Crippen LogP contribution is 2.41. The molecule has 8 heteroatoms. The summed E-state index contributed by atoms with van der Waals surface area (Å²) >= 11 is 1.59. The number of hydrogen-bond acceptors (Lipinski definition) is 2. The summed E-state index contributed by atoms with van der Waals surface area (Å²) in [6, 6.07) is 0. The van der Waals surface area contributed by atoms with Gasteiger partial charge in [-0.1, -0.05) is 0 Å². The molecule has 0 aromatic heterocycles. The first kappa shape index (κ1) is 14.2. The Hall–Kier alpha value is -0.370. The average molecular weight is 256 g/mol. The van der Waals surface area contributed by atoms with Crippen LogP contribution in [0.4, 0.5) is 17.6 Å². The summed E-state index contributed by atoms with van der Waals surface area (Å²) in [4.78, 5) is 9.58. The minimum atomic E-state index is -5.24. The molecule has 0 amide bonds. The van der Waals surface area contributed by atoms with E-state index in [9.17, 15) is 27.5 Å². The lowest BCUT2D eigenvalue weighted by atomic mass is 10.3. The average Bonchev–Trinajstić information content (AvgIpc) is 1.56. The SMILES string of the molecule is O=C([O-])CC(F)(Br)C(F)(F)F.[NH4+]. The molecule has 3 nitrogen and oxygen atoms in total. The number of rotatable bonds is 2. The Balaban J connectivity index is 0.